The monoisotopic (exact) mass is 468 g/mol. The summed E-state index contributed by atoms with van der Waals surface area (Å²) in [7, 11) is 4.53. The van der Waals surface area contributed by atoms with Gasteiger partial charge in [-0.2, -0.15) is 0 Å². The maximum Gasteiger partial charge on any atom is 0.268 e. The van der Waals surface area contributed by atoms with Gasteiger partial charge in [0, 0.05) is 23.5 Å². The van der Waals surface area contributed by atoms with E-state index in [1.807, 2.05) is 11.4 Å². The molecular weight excluding hydrogens is 444 g/mol. The number of thiophene rings is 1. The second-order valence-electron chi connectivity index (χ2n) is 7.42. The van der Waals surface area contributed by atoms with Crippen LogP contribution in [0.25, 0.3) is 0 Å². The number of rotatable bonds is 7. The number of aryl methyl sites for hydroxylation is 1. The summed E-state index contributed by atoms with van der Waals surface area (Å²) in [6.45, 7) is 0. The Morgan fingerprint density at radius 2 is 1.85 bits per heavy atom. The van der Waals surface area contributed by atoms with Crippen molar-refractivity contribution in [3.05, 3.63) is 57.5 Å². The van der Waals surface area contributed by atoms with Crippen LogP contribution in [0.15, 0.2) is 35.8 Å². The fourth-order valence-corrected chi connectivity index (χ4v) is 4.36. The number of carbonyl (C=O) groups excluding carboxylic acids is 2. The SMILES string of the molecule is COc1cc(C(=O)NC2CCc3nc(NC(=O)c4cccs4)ncc3C2)cc(OC)c1OC. The zero-order chi connectivity index (χ0) is 23.4. The number of hydrogen-bond acceptors (Lipinski definition) is 8. The summed E-state index contributed by atoms with van der Waals surface area (Å²) in [6, 6.07) is 6.75. The van der Waals surface area contributed by atoms with Crippen LogP contribution < -0.4 is 24.8 Å². The van der Waals surface area contributed by atoms with Gasteiger partial charge >= 0.3 is 0 Å². The molecule has 9 nitrogen and oxygen atoms in total. The third-order valence-corrected chi connectivity index (χ3v) is 6.25. The zero-order valence-corrected chi connectivity index (χ0v) is 19.3. The van der Waals surface area contributed by atoms with Gasteiger partial charge in [0.2, 0.25) is 11.7 Å². The Labute approximate surface area is 195 Å². The molecule has 2 heterocycles. The molecule has 0 fully saturated rings. The Hall–Kier alpha value is -3.66. The van der Waals surface area contributed by atoms with Gasteiger partial charge < -0.3 is 19.5 Å². The molecular formula is C23H24N4O5S. The molecule has 172 valence electrons. The van der Waals surface area contributed by atoms with Gasteiger partial charge in [-0.3, -0.25) is 14.9 Å². The number of nitrogens with one attached hydrogen (secondary N) is 2. The summed E-state index contributed by atoms with van der Waals surface area (Å²) in [6.07, 6.45) is 3.70. The average Bonchev–Trinajstić information content (AvgIpc) is 3.38. The summed E-state index contributed by atoms with van der Waals surface area (Å²) in [4.78, 5) is 34.5. The van der Waals surface area contributed by atoms with Crippen molar-refractivity contribution in [2.75, 3.05) is 26.6 Å². The predicted molar refractivity (Wildman–Crippen MR) is 124 cm³/mol. The molecule has 2 amide bonds. The molecule has 0 saturated heterocycles. The van der Waals surface area contributed by atoms with E-state index in [0.717, 1.165) is 17.7 Å². The van der Waals surface area contributed by atoms with Crippen LogP contribution in [0.1, 0.15) is 37.7 Å². The highest BCUT2D eigenvalue weighted by molar-refractivity contribution is 7.12. The van der Waals surface area contributed by atoms with Gasteiger partial charge in [-0.05, 0) is 48.4 Å². The Morgan fingerprint density at radius 3 is 2.48 bits per heavy atom. The molecule has 0 spiro atoms. The van der Waals surface area contributed by atoms with Crippen LogP contribution in [-0.2, 0) is 12.8 Å². The molecule has 4 rings (SSSR count). The first-order chi connectivity index (χ1) is 16.0. The largest absolute Gasteiger partial charge is 0.493 e. The molecule has 2 aromatic heterocycles. The normalized spacial score (nSPS) is 14.7. The molecule has 3 aromatic rings. The number of ether oxygens (including phenoxy) is 3. The Morgan fingerprint density at radius 1 is 1.09 bits per heavy atom. The van der Waals surface area contributed by atoms with Gasteiger partial charge in [0.1, 0.15) is 0 Å². The van der Waals surface area contributed by atoms with Gasteiger partial charge in [0.05, 0.1) is 26.2 Å². The molecule has 0 saturated carbocycles. The molecule has 0 radical (unpaired) electrons. The van der Waals surface area contributed by atoms with E-state index in [1.54, 1.807) is 24.4 Å². The zero-order valence-electron chi connectivity index (χ0n) is 18.5. The van der Waals surface area contributed by atoms with Crippen molar-refractivity contribution < 1.29 is 23.8 Å². The van der Waals surface area contributed by atoms with Gasteiger partial charge in [-0.1, -0.05) is 6.07 Å². The summed E-state index contributed by atoms with van der Waals surface area (Å²) in [5.74, 6) is 1.09. The second-order valence-corrected chi connectivity index (χ2v) is 8.37. The van der Waals surface area contributed by atoms with Crippen molar-refractivity contribution in [3.8, 4) is 17.2 Å². The standard InChI is InChI=1S/C23H24N4O5S/c1-30-17-10-13(11-18(31-2)20(17)32-3)21(28)25-15-6-7-16-14(9-15)12-24-23(26-16)27-22(29)19-5-4-8-33-19/h4-5,8,10-12,15H,6-7,9H2,1-3H3,(H,25,28)(H,24,26,27,29). The topological polar surface area (TPSA) is 112 Å². The maximum absolute atomic E-state index is 12.9. The molecule has 1 aliphatic carbocycles. The first-order valence-electron chi connectivity index (χ1n) is 10.3. The van der Waals surface area contributed by atoms with E-state index in [0.29, 0.717) is 40.5 Å². The molecule has 0 aliphatic heterocycles. The van der Waals surface area contributed by atoms with E-state index in [2.05, 4.69) is 20.6 Å². The minimum absolute atomic E-state index is 0.0701. The van der Waals surface area contributed by atoms with Crippen molar-refractivity contribution in [2.24, 2.45) is 0 Å². The summed E-state index contributed by atoms with van der Waals surface area (Å²) >= 11 is 1.36. The number of carbonyl (C=O) groups is 2. The lowest BCUT2D eigenvalue weighted by Crippen LogP contribution is -2.39. The molecule has 10 heteroatoms. The number of hydrogen-bond donors (Lipinski definition) is 2. The quantitative estimate of drug-likeness (QED) is 0.548. The molecule has 1 aliphatic rings. The number of fused-ring (bicyclic) bond motifs is 1. The van der Waals surface area contributed by atoms with Crippen molar-refractivity contribution in [3.63, 3.8) is 0 Å². The minimum atomic E-state index is -0.233. The summed E-state index contributed by atoms with van der Waals surface area (Å²) in [5, 5.41) is 7.65. The Balaban J connectivity index is 1.43. The molecule has 33 heavy (non-hydrogen) atoms. The van der Waals surface area contributed by atoms with E-state index in [9.17, 15) is 9.59 Å². The third-order valence-electron chi connectivity index (χ3n) is 5.38. The second kappa shape index (κ2) is 9.86. The van der Waals surface area contributed by atoms with Crippen molar-refractivity contribution >= 4 is 29.1 Å². The molecule has 1 aromatic carbocycles. The Kier molecular flexibility index (Phi) is 6.74. The molecule has 0 bridgehead atoms. The van der Waals surface area contributed by atoms with Crippen LogP contribution >= 0.6 is 11.3 Å². The van der Waals surface area contributed by atoms with Crippen LogP contribution in [-0.4, -0.2) is 49.2 Å². The number of benzene rings is 1. The fourth-order valence-electron chi connectivity index (χ4n) is 3.74. The summed E-state index contributed by atoms with van der Waals surface area (Å²) < 4.78 is 16.0. The van der Waals surface area contributed by atoms with Crippen molar-refractivity contribution in [1.29, 1.82) is 0 Å². The number of amides is 2. The van der Waals surface area contributed by atoms with Crippen molar-refractivity contribution in [1.82, 2.24) is 15.3 Å². The van der Waals surface area contributed by atoms with E-state index in [-0.39, 0.29) is 23.8 Å². The van der Waals surface area contributed by atoms with Crippen LogP contribution in [0.5, 0.6) is 17.2 Å². The van der Waals surface area contributed by atoms with E-state index >= 15 is 0 Å². The number of aromatic nitrogens is 2. The van der Waals surface area contributed by atoms with Crippen molar-refractivity contribution in [2.45, 2.75) is 25.3 Å². The number of methoxy groups -OCH3 is 3. The van der Waals surface area contributed by atoms with Crippen LogP contribution in [0.2, 0.25) is 0 Å². The van der Waals surface area contributed by atoms with E-state index < -0.39 is 0 Å². The Bertz CT molecular complexity index is 1140. The van der Waals surface area contributed by atoms with Crippen LogP contribution in [0.4, 0.5) is 5.95 Å². The fraction of sp³-hybridized carbons (Fsp3) is 0.304. The van der Waals surface area contributed by atoms with E-state index in [4.69, 9.17) is 14.2 Å². The molecule has 1 unspecified atom stereocenters. The first kappa shape index (κ1) is 22.5. The van der Waals surface area contributed by atoms with Gasteiger partial charge in [-0.25, -0.2) is 9.97 Å². The van der Waals surface area contributed by atoms with Gasteiger partial charge in [0.25, 0.3) is 11.8 Å². The van der Waals surface area contributed by atoms with E-state index in [1.165, 1.54) is 32.7 Å². The van der Waals surface area contributed by atoms with Gasteiger partial charge in [0.15, 0.2) is 11.5 Å². The molecule has 1 atom stereocenters. The smallest absolute Gasteiger partial charge is 0.268 e. The number of anilines is 1. The lowest BCUT2D eigenvalue weighted by atomic mass is 9.92. The maximum atomic E-state index is 12.9. The predicted octanol–water partition coefficient (Wildman–Crippen LogP) is 3.10. The van der Waals surface area contributed by atoms with Gasteiger partial charge in [-0.15, -0.1) is 11.3 Å². The number of nitrogens with zero attached hydrogens (tertiary/aromatic N) is 2. The summed E-state index contributed by atoms with van der Waals surface area (Å²) in [5.41, 5.74) is 2.24. The lowest BCUT2D eigenvalue weighted by Gasteiger charge is -2.25. The first-order valence-corrected chi connectivity index (χ1v) is 11.2. The third kappa shape index (κ3) is 4.90. The highest BCUT2D eigenvalue weighted by Crippen LogP contribution is 2.38. The van der Waals surface area contributed by atoms with Crippen LogP contribution in [0, 0.1) is 0 Å². The highest BCUT2D eigenvalue weighted by atomic mass is 32.1. The average molecular weight is 469 g/mol. The lowest BCUT2D eigenvalue weighted by molar-refractivity contribution is 0.0931. The minimum Gasteiger partial charge on any atom is -0.493 e. The molecule has 2 N–H and O–H groups in total. The van der Waals surface area contributed by atoms with Crippen LogP contribution in [0.3, 0.4) is 0 Å². The highest BCUT2D eigenvalue weighted by Gasteiger charge is 2.24.